The van der Waals surface area contributed by atoms with Crippen LogP contribution in [0, 0.1) is 11.7 Å². The van der Waals surface area contributed by atoms with Crippen molar-refractivity contribution in [3.05, 3.63) is 41.2 Å². The van der Waals surface area contributed by atoms with Gasteiger partial charge in [-0.15, -0.1) is 0 Å². The highest BCUT2D eigenvalue weighted by Gasteiger charge is 2.14. The minimum Gasteiger partial charge on any atom is -0.294 e. The Labute approximate surface area is 135 Å². The fraction of sp³-hybridized carbons (Fsp3) is 0.550. The summed E-state index contributed by atoms with van der Waals surface area (Å²) < 4.78 is 13.6. The molecular formula is C20H31FO. The van der Waals surface area contributed by atoms with Crippen molar-refractivity contribution in [3.63, 3.8) is 0 Å². The first-order chi connectivity index (χ1) is 10.6. The van der Waals surface area contributed by atoms with Crippen molar-refractivity contribution >= 4 is 11.4 Å². The molecule has 1 aromatic carbocycles. The van der Waals surface area contributed by atoms with E-state index in [4.69, 9.17) is 0 Å². The molecule has 0 N–H and O–H groups in total. The maximum absolute atomic E-state index is 13.6. The van der Waals surface area contributed by atoms with Crippen LogP contribution in [0.2, 0.25) is 0 Å². The number of rotatable bonds is 7. The number of hydrogen-bond acceptors (Lipinski definition) is 1. The summed E-state index contributed by atoms with van der Waals surface area (Å²) in [6.45, 7) is 12.0. The number of halogens is 1. The molecule has 0 bridgehead atoms. The van der Waals surface area contributed by atoms with Crippen LogP contribution >= 0.6 is 0 Å². The van der Waals surface area contributed by atoms with Gasteiger partial charge < -0.3 is 0 Å². The molecule has 0 spiro atoms. The monoisotopic (exact) mass is 306 g/mol. The zero-order chi connectivity index (χ0) is 17.1. The van der Waals surface area contributed by atoms with Crippen LogP contribution in [0.25, 0.3) is 5.57 Å². The molecule has 0 aliphatic rings. The van der Waals surface area contributed by atoms with Crippen LogP contribution < -0.4 is 0 Å². The summed E-state index contributed by atoms with van der Waals surface area (Å²) in [6.07, 6.45) is 5.21. The van der Waals surface area contributed by atoms with Gasteiger partial charge in [0.05, 0.1) is 0 Å². The highest BCUT2D eigenvalue weighted by molar-refractivity contribution is 6.20. The Balaban J connectivity index is 0.00000211. The van der Waals surface area contributed by atoms with E-state index >= 15 is 0 Å². The van der Waals surface area contributed by atoms with Crippen LogP contribution in [0.15, 0.2) is 24.3 Å². The molecule has 0 fully saturated rings. The Kier molecular flexibility index (Phi) is 10.4. The number of benzene rings is 1. The number of carbonyl (C=O) groups is 1. The van der Waals surface area contributed by atoms with Crippen LogP contribution in [0.3, 0.4) is 0 Å². The minimum atomic E-state index is -0.193. The van der Waals surface area contributed by atoms with E-state index in [2.05, 4.69) is 19.9 Å². The van der Waals surface area contributed by atoms with Crippen molar-refractivity contribution < 1.29 is 9.18 Å². The van der Waals surface area contributed by atoms with Crippen molar-refractivity contribution in [1.29, 1.82) is 0 Å². The molecule has 0 heterocycles. The molecule has 1 nitrogen and oxygen atoms in total. The van der Waals surface area contributed by atoms with Crippen LogP contribution in [-0.2, 0) is 11.2 Å². The van der Waals surface area contributed by atoms with Gasteiger partial charge in [-0.1, -0.05) is 53.7 Å². The van der Waals surface area contributed by atoms with Crippen molar-refractivity contribution in [2.75, 3.05) is 0 Å². The number of allylic oxidation sites excluding steroid dienone is 2. The van der Waals surface area contributed by atoms with Crippen LogP contribution in [0.1, 0.15) is 71.9 Å². The van der Waals surface area contributed by atoms with E-state index in [1.54, 1.807) is 6.07 Å². The zero-order valence-corrected chi connectivity index (χ0v) is 15.0. The summed E-state index contributed by atoms with van der Waals surface area (Å²) in [5, 5.41) is 0. The van der Waals surface area contributed by atoms with E-state index in [1.807, 2.05) is 33.8 Å². The maximum Gasteiger partial charge on any atom is 0.162 e. The van der Waals surface area contributed by atoms with Gasteiger partial charge in [0.15, 0.2) is 5.78 Å². The van der Waals surface area contributed by atoms with Gasteiger partial charge in [-0.05, 0) is 48.4 Å². The lowest BCUT2D eigenvalue weighted by atomic mass is 9.92. The molecule has 0 radical (unpaired) electrons. The highest BCUT2D eigenvalue weighted by atomic mass is 19.1. The zero-order valence-electron chi connectivity index (χ0n) is 15.0. The second-order valence-corrected chi connectivity index (χ2v) is 5.09. The second-order valence-electron chi connectivity index (χ2n) is 5.09. The molecule has 0 saturated heterocycles. The molecule has 0 aliphatic carbocycles. The third-order valence-electron chi connectivity index (χ3n) is 3.81. The van der Waals surface area contributed by atoms with Gasteiger partial charge in [0.2, 0.25) is 0 Å². The second kappa shape index (κ2) is 11.2. The van der Waals surface area contributed by atoms with Gasteiger partial charge in [0.1, 0.15) is 5.82 Å². The van der Waals surface area contributed by atoms with Crippen molar-refractivity contribution in [1.82, 2.24) is 0 Å². The molecule has 0 atom stereocenters. The summed E-state index contributed by atoms with van der Waals surface area (Å²) >= 11 is 0. The predicted octanol–water partition coefficient (Wildman–Crippen LogP) is 6.21. The predicted molar refractivity (Wildman–Crippen MR) is 94.5 cm³/mol. The summed E-state index contributed by atoms with van der Waals surface area (Å²) in [5.41, 5.74) is 2.26. The van der Waals surface area contributed by atoms with Gasteiger partial charge >= 0.3 is 0 Å². The van der Waals surface area contributed by atoms with Gasteiger partial charge in [-0.25, -0.2) is 4.39 Å². The first kappa shape index (κ1) is 20.6. The van der Waals surface area contributed by atoms with Crippen molar-refractivity contribution in [2.45, 2.75) is 67.2 Å². The molecule has 124 valence electrons. The lowest BCUT2D eigenvalue weighted by Gasteiger charge is -2.13. The molecule has 2 heteroatoms. The standard InChI is InChI=1S/C18H25FO.C2H6/c1-5-13(6-2)11-16(18(20)8-4)15-9-10-17(19)14(7-3)12-15;1-2/h9-13H,5-8H2,1-4H3;1-2H3/b16-11+;. The van der Waals surface area contributed by atoms with E-state index in [9.17, 15) is 9.18 Å². The highest BCUT2D eigenvalue weighted by Crippen LogP contribution is 2.24. The Morgan fingerprint density at radius 3 is 2.18 bits per heavy atom. The number of carbonyl (C=O) groups excluding carboxylic acids is 1. The lowest BCUT2D eigenvalue weighted by molar-refractivity contribution is -0.113. The van der Waals surface area contributed by atoms with Crippen molar-refractivity contribution in [3.8, 4) is 0 Å². The number of aryl methyl sites for hydroxylation is 1. The van der Waals surface area contributed by atoms with Gasteiger partial charge in [-0.3, -0.25) is 4.79 Å². The first-order valence-corrected chi connectivity index (χ1v) is 8.61. The molecule has 0 saturated carbocycles. The summed E-state index contributed by atoms with van der Waals surface area (Å²) in [6, 6.07) is 5.01. The quantitative estimate of drug-likeness (QED) is 0.547. The number of hydrogen-bond donors (Lipinski definition) is 0. The first-order valence-electron chi connectivity index (χ1n) is 8.61. The third kappa shape index (κ3) is 5.75. The maximum atomic E-state index is 13.6. The van der Waals surface area contributed by atoms with Crippen LogP contribution in [-0.4, -0.2) is 5.78 Å². The average molecular weight is 306 g/mol. The molecular weight excluding hydrogens is 275 g/mol. The Hall–Kier alpha value is -1.44. The number of ketones is 1. The smallest absolute Gasteiger partial charge is 0.162 e. The third-order valence-corrected chi connectivity index (χ3v) is 3.81. The van der Waals surface area contributed by atoms with E-state index in [1.165, 1.54) is 6.07 Å². The summed E-state index contributed by atoms with van der Waals surface area (Å²) in [4.78, 5) is 12.2. The average Bonchev–Trinajstić information content (AvgIpc) is 2.58. The number of Topliss-reactive ketones (excluding diaryl/α,β-unsaturated/α-hetero) is 1. The summed E-state index contributed by atoms with van der Waals surface area (Å²) in [7, 11) is 0. The van der Waals surface area contributed by atoms with Gasteiger partial charge in [0.25, 0.3) is 0 Å². The van der Waals surface area contributed by atoms with Gasteiger partial charge in [0, 0.05) is 12.0 Å². The molecule has 0 amide bonds. The fourth-order valence-electron chi connectivity index (χ4n) is 2.31. The van der Waals surface area contributed by atoms with Crippen LogP contribution in [0.4, 0.5) is 4.39 Å². The minimum absolute atomic E-state index is 0.130. The molecule has 0 aromatic heterocycles. The topological polar surface area (TPSA) is 17.1 Å². The Morgan fingerprint density at radius 1 is 1.14 bits per heavy atom. The van der Waals surface area contributed by atoms with E-state index in [-0.39, 0.29) is 11.6 Å². The van der Waals surface area contributed by atoms with Crippen molar-refractivity contribution in [2.24, 2.45) is 5.92 Å². The normalized spacial score (nSPS) is 11.2. The molecule has 1 aromatic rings. The van der Waals surface area contributed by atoms with E-state index in [0.29, 0.717) is 24.3 Å². The summed E-state index contributed by atoms with van der Waals surface area (Å²) in [5.74, 6) is 0.336. The molecule has 0 aliphatic heterocycles. The fourth-order valence-corrected chi connectivity index (χ4v) is 2.31. The van der Waals surface area contributed by atoms with Gasteiger partial charge in [-0.2, -0.15) is 0 Å². The molecule has 1 rings (SSSR count). The van der Waals surface area contributed by atoms with E-state index < -0.39 is 0 Å². The molecule has 0 unspecified atom stereocenters. The largest absolute Gasteiger partial charge is 0.294 e. The lowest BCUT2D eigenvalue weighted by Crippen LogP contribution is -2.04. The Morgan fingerprint density at radius 2 is 1.73 bits per heavy atom. The molecule has 22 heavy (non-hydrogen) atoms. The van der Waals surface area contributed by atoms with Crippen LogP contribution in [0.5, 0.6) is 0 Å². The Bertz CT molecular complexity index is 484. The SMILES string of the molecule is CC.CCC(=O)/C(=C/C(CC)CC)c1ccc(F)c(CC)c1. The van der Waals surface area contributed by atoms with E-state index in [0.717, 1.165) is 24.0 Å².